The first-order chi connectivity index (χ1) is 10.2. The van der Waals surface area contributed by atoms with Crippen LogP contribution in [0.25, 0.3) is 0 Å². The van der Waals surface area contributed by atoms with Crippen molar-refractivity contribution < 1.29 is 4.74 Å². The molecular formula is C16H28N4O. The predicted molar refractivity (Wildman–Crippen MR) is 85.9 cm³/mol. The Morgan fingerprint density at radius 3 is 3.00 bits per heavy atom. The Morgan fingerprint density at radius 2 is 2.33 bits per heavy atom. The van der Waals surface area contributed by atoms with E-state index in [1.165, 1.54) is 19.3 Å². The number of hydrogen-bond donors (Lipinski definition) is 1. The summed E-state index contributed by atoms with van der Waals surface area (Å²) in [7, 11) is 0. The molecule has 0 aromatic carbocycles. The van der Waals surface area contributed by atoms with E-state index in [4.69, 9.17) is 4.74 Å². The minimum Gasteiger partial charge on any atom is -0.475 e. The van der Waals surface area contributed by atoms with Crippen molar-refractivity contribution >= 4 is 5.95 Å². The van der Waals surface area contributed by atoms with E-state index in [0.717, 1.165) is 32.0 Å². The van der Waals surface area contributed by atoms with Crippen molar-refractivity contribution in [2.24, 2.45) is 0 Å². The third-order valence-corrected chi connectivity index (χ3v) is 3.64. The molecule has 1 fully saturated rings. The van der Waals surface area contributed by atoms with Crippen LogP contribution in [0, 0.1) is 0 Å². The number of hydrogen-bond acceptors (Lipinski definition) is 5. The van der Waals surface area contributed by atoms with Crippen molar-refractivity contribution in [3.05, 3.63) is 12.3 Å². The molecule has 0 radical (unpaired) electrons. The van der Waals surface area contributed by atoms with E-state index in [2.05, 4.69) is 27.1 Å². The average Bonchev–Trinajstić information content (AvgIpc) is 2.96. The molecule has 1 aromatic heterocycles. The van der Waals surface area contributed by atoms with Crippen LogP contribution in [0.15, 0.2) is 12.3 Å². The highest BCUT2D eigenvalue weighted by Gasteiger charge is 2.19. The lowest BCUT2D eigenvalue weighted by Crippen LogP contribution is -2.39. The predicted octanol–water partition coefficient (Wildman–Crippen LogP) is 2.62. The molecule has 1 atom stereocenters. The van der Waals surface area contributed by atoms with Crippen molar-refractivity contribution in [1.29, 1.82) is 0 Å². The number of ether oxygens (including phenoxy) is 1. The van der Waals surface area contributed by atoms with Crippen LogP contribution in [0.4, 0.5) is 5.95 Å². The molecule has 1 N–H and O–H groups in total. The molecule has 0 bridgehead atoms. The third kappa shape index (κ3) is 5.16. The fourth-order valence-corrected chi connectivity index (χ4v) is 2.59. The molecule has 21 heavy (non-hydrogen) atoms. The molecule has 1 unspecified atom stereocenters. The normalized spacial score (nSPS) is 18.2. The lowest BCUT2D eigenvalue weighted by molar-refractivity contribution is 0.232. The van der Waals surface area contributed by atoms with Crippen LogP contribution in [0.2, 0.25) is 0 Å². The Hall–Kier alpha value is -1.36. The van der Waals surface area contributed by atoms with Crippen LogP contribution in [-0.2, 0) is 0 Å². The summed E-state index contributed by atoms with van der Waals surface area (Å²) in [4.78, 5) is 11.3. The van der Waals surface area contributed by atoms with Crippen molar-refractivity contribution in [1.82, 2.24) is 15.3 Å². The van der Waals surface area contributed by atoms with Crippen LogP contribution in [0.3, 0.4) is 0 Å². The van der Waals surface area contributed by atoms with E-state index < -0.39 is 0 Å². The van der Waals surface area contributed by atoms with Gasteiger partial charge in [0.25, 0.3) is 0 Å². The van der Waals surface area contributed by atoms with E-state index >= 15 is 0 Å². The Morgan fingerprint density at radius 1 is 1.48 bits per heavy atom. The molecule has 1 aromatic rings. The van der Waals surface area contributed by atoms with Gasteiger partial charge in [-0.15, -0.1) is 0 Å². The lowest BCUT2D eigenvalue weighted by Gasteiger charge is -2.26. The topological polar surface area (TPSA) is 50.3 Å². The molecule has 118 valence electrons. The van der Waals surface area contributed by atoms with Crippen molar-refractivity contribution in [3.8, 4) is 5.88 Å². The van der Waals surface area contributed by atoms with Gasteiger partial charge in [-0.1, -0.05) is 13.3 Å². The maximum atomic E-state index is 5.69. The second-order valence-electron chi connectivity index (χ2n) is 5.95. The summed E-state index contributed by atoms with van der Waals surface area (Å²) in [5.41, 5.74) is 0. The summed E-state index contributed by atoms with van der Waals surface area (Å²) in [6.07, 6.45) is 6.77. The van der Waals surface area contributed by atoms with Crippen LogP contribution >= 0.6 is 0 Å². The smallest absolute Gasteiger partial charge is 0.228 e. The number of nitrogens with zero attached hydrogens (tertiary/aromatic N) is 3. The second-order valence-corrected chi connectivity index (χ2v) is 5.95. The summed E-state index contributed by atoms with van der Waals surface area (Å²) in [6.45, 7) is 9.35. The Bertz CT molecular complexity index is 418. The Balaban J connectivity index is 2.06. The van der Waals surface area contributed by atoms with Gasteiger partial charge in [-0.25, -0.2) is 4.98 Å². The first-order valence-corrected chi connectivity index (χ1v) is 8.17. The highest BCUT2D eigenvalue weighted by Crippen LogP contribution is 2.17. The molecule has 0 spiro atoms. The van der Waals surface area contributed by atoms with Gasteiger partial charge in [0.15, 0.2) is 0 Å². The maximum Gasteiger partial charge on any atom is 0.228 e. The van der Waals surface area contributed by atoms with E-state index in [9.17, 15) is 0 Å². The van der Waals surface area contributed by atoms with Gasteiger partial charge in [-0.05, 0) is 39.7 Å². The van der Waals surface area contributed by atoms with E-state index in [0.29, 0.717) is 11.9 Å². The number of aromatic nitrogens is 2. The lowest BCUT2D eigenvalue weighted by atomic mass is 10.2. The van der Waals surface area contributed by atoms with E-state index in [1.807, 2.05) is 19.9 Å². The molecule has 1 aliphatic rings. The van der Waals surface area contributed by atoms with Crippen LogP contribution < -0.4 is 15.0 Å². The molecule has 1 aliphatic heterocycles. The number of unbranched alkanes of at least 4 members (excludes halogenated alkanes) is 1. The van der Waals surface area contributed by atoms with Gasteiger partial charge in [-0.2, -0.15) is 4.98 Å². The number of nitrogens with one attached hydrogen (secondary N) is 1. The Labute approximate surface area is 128 Å². The van der Waals surface area contributed by atoms with Crippen molar-refractivity contribution in [2.75, 3.05) is 24.5 Å². The molecule has 0 aliphatic carbocycles. The van der Waals surface area contributed by atoms with Gasteiger partial charge in [0, 0.05) is 31.4 Å². The quantitative estimate of drug-likeness (QED) is 0.798. The standard InChI is InChI=1S/C16H28N4O/c1-4-5-11-20(12-14-7-6-9-17-14)16-18-10-8-15(19-16)21-13(2)3/h8,10,13-14,17H,4-7,9,11-12H2,1-3H3. The molecule has 0 amide bonds. The van der Waals surface area contributed by atoms with Crippen LogP contribution in [0.1, 0.15) is 46.5 Å². The van der Waals surface area contributed by atoms with Crippen molar-refractivity contribution in [2.45, 2.75) is 58.6 Å². The zero-order valence-electron chi connectivity index (χ0n) is 13.5. The summed E-state index contributed by atoms with van der Waals surface area (Å²) < 4.78 is 5.69. The zero-order valence-corrected chi connectivity index (χ0v) is 13.5. The monoisotopic (exact) mass is 292 g/mol. The summed E-state index contributed by atoms with van der Waals surface area (Å²) >= 11 is 0. The summed E-state index contributed by atoms with van der Waals surface area (Å²) in [5, 5.41) is 3.55. The zero-order chi connectivity index (χ0) is 15.1. The fourth-order valence-electron chi connectivity index (χ4n) is 2.59. The molecule has 5 heteroatoms. The van der Waals surface area contributed by atoms with E-state index in [1.54, 1.807) is 6.20 Å². The minimum absolute atomic E-state index is 0.133. The first kappa shape index (κ1) is 16.0. The van der Waals surface area contributed by atoms with Gasteiger partial charge >= 0.3 is 0 Å². The third-order valence-electron chi connectivity index (χ3n) is 3.64. The van der Waals surface area contributed by atoms with Gasteiger partial charge in [0.1, 0.15) is 0 Å². The molecule has 0 saturated carbocycles. The number of anilines is 1. The average molecular weight is 292 g/mol. The van der Waals surface area contributed by atoms with Gasteiger partial charge in [-0.3, -0.25) is 0 Å². The fraction of sp³-hybridized carbons (Fsp3) is 0.750. The first-order valence-electron chi connectivity index (χ1n) is 8.17. The van der Waals surface area contributed by atoms with Gasteiger partial charge < -0.3 is 15.0 Å². The summed E-state index contributed by atoms with van der Waals surface area (Å²) in [5.74, 6) is 1.45. The van der Waals surface area contributed by atoms with Crippen LogP contribution in [0.5, 0.6) is 5.88 Å². The minimum atomic E-state index is 0.133. The second kappa shape index (κ2) is 8.17. The maximum absolute atomic E-state index is 5.69. The van der Waals surface area contributed by atoms with E-state index in [-0.39, 0.29) is 6.10 Å². The molecule has 5 nitrogen and oxygen atoms in total. The molecule has 2 heterocycles. The van der Waals surface area contributed by atoms with Gasteiger partial charge in [0.05, 0.1) is 6.10 Å². The summed E-state index contributed by atoms with van der Waals surface area (Å²) in [6, 6.07) is 2.38. The SMILES string of the molecule is CCCCN(CC1CCCN1)c1nccc(OC(C)C)n1. The molecule has 1 saturated heterocycles. The van der Waals surface area contributed by atoms with Crippen LogP contribution in [-0.4, -0.2) is 41.7 Å². The Kier molecular flexibility index (Phi) is 6.23. The largest absolute Gasteiger partial charge is 0.475 e. The van der Waals surface area contributed by atoms with Gasteiger partial charge in [0.2, 0.25) is 11.8 Å². The highest BCUT2D eigenvalue weighted by molar-refractivity contribution is 5.32. The number of rotatable bonds is 8. The van der Waals surface area contributed by atoms with Crippen molar-refractivity contribution in [3.63, 3.8) is 0 Å². The molecule has 2 rings (SSSR count). The molecular weight excluding hydrogens is 264 g/mol. The highest BCUT2D eigenvalue weighted by atomic mass is 16.5.